The Morgan fingerprint density at radius 3 is 2.00 bits per heavy atom. The van der Waals surface area contributed by atoms with Crippen LogP contribution in [0.3, 0.4) is 0 Å². The summed E-state index contributed by atoms with van der Waals surface area (Å²) in [5.41, 5.74) is 2.25. The molecule has 0 fully saturated rings. The van der Waals surface area contributed by atoms with Gasteiger partial charge in [-0.3, -0.25) is 4.68 Å². The maximum absolute atomic E-state index is 4.23. The van der Waals surface area contributed by atoms with Gasteiger partial charge in [-0.15, -0.1) is 11.3 Å². The molecule has 0 atom stereocenters. The Hall–Kier alpha value is -1.16. The van der Waals surface area contributed by atoms with Crippen molar-refractivity contribution in [1.29, 1.82) is 0 Å². The molecule has 2 rings (SSSR count). The number of nitrogens with zero attached hydrogens (tertiary/aromatic N) is 3. The van der Waals surface area contributed by atoms with Gasteiger partial charge in [-0.05, 0) is 33.8 Å². The molecule has 2 aromatic heterocycles. The van der Waals surface area contributed by atoms with Gasteiger partial charge in [0.2, 0.25) is 0 Å². The molecule has 0 aromatic carbocycles. The monoisotopic (exact) mass is 223 g/mol. The summed E-state index contributed by atoms with van der Waals surface area (Å²) in [5, 5.41) is 5.19. The van der Waals surface area contributed by atoms with Crippen molar-refractivity contribution >= 4 is 11.3 Å². The van der Waals surface area contributed by atoms with Crippen LogP contribution in [0.4, 0.5) is 0 Å². The summed E-state index contributed by atoms with van der Waals surface area (Å²) >= 11 is 1.76. The Bertz CT molecular complexity index is 393. The van der Waals surface area contributed by atoms with E-state index in [-0.39, 0.29) is 0 Å². The van der Waals surface area contributed by atoms with Crippen molar-refractivity contribution in [2.24, 2.45) is 7.05 Å². The highest BCUT2D eigenvalue weighted by atomic mass is 32.1. The fourth-order valence-corrected chi connectivity index (χ4v) is 1.98. The lowest BCUT2D eigenvalue weighted by Crippen LogP contribution is -1.86. The second-order valence-electron chi connectivity index (χ2n) is 3.51. The largest absolute Gasteiger partial charge is 0.276 e. The van der Waals surface area contributed by atoms with Crippen LogP contribution in [0.1, 0.15) is 21.3 Å². The van der Waals surface area contributed by atoms with Crippen LogP contribution in [-0.4, -0.2) is 14.8 Å². The molecular weight excluding hydrogens is 206 g/mol. The molecule has 0 saturated heterocycles. The quantitative estimate of drug-likeness (QED) is 0.687. The van der Waals surface area contributed by atoms with Crippen LogP contribution in [0, 0.1) is 27.7 Å². The van der Waals surface area contributed by atoms with E-state index in [0.717, 1.165) is 5.69 Å². The van der Waals surface area contributed by atoms with Crippen LogP contribution in [-0.2, 0) is 7.05 Å². The third kappa shape index (κ3) is 3.83. The molecule has 0 unspecified atom stereocenters. The van der Waals surface area contributed by atoms with E-state index < -0.39 is 0 Å². The Balaban J connectivity index is 0.000000151. The minimum atomic E-state index is 1.07. The zero-order valence-corrected chi connectivity index (χ0v) is 10.7. The van der Waals surface area contributed by atoms with E-state index >= 15 is 0 Å². The van der Waals surface area contributed by atoms with E-state index in [9.17, 15) is 0 Å². The van der Waals surface area contributed by atoms with Gasteiger partial charge < -0.3 is 0 Å². The predicted molar refractivity (Wildman–Crippen MR) is 64.3 cm³/mol. The minimum absolute atomic E-state index is 1.07. The molecule has 0 amide bonds. The maximum atomic E-state index is 4.23. The van der Waals surface area contributed by atoms with Crippen LogP contribution in [0.2, 0.25) is 0 Å². The lowest BCUT2D eigenvalue weighted by Gasteiger charge is -1.79. The number of aryl methyl sites for hydroxylation is 5. The van der Waals surface area contributed by atoms with Crippen LogP contribution in [0.5, 0.6) is 0 Å². The fraction of sp³-hybridized carbons (Fsp3) is 0.455. The SMILES string of the molecule is Cc1ccn(C)n1.Cc1nc(C)c(C)s1. The van der Waals surface area contributed by atoms with Crippen LogP contribution in [0.15, 0.2) is 12.3 Å². The normalized spacial score (nSPS) is 9.67. The molecule has 0 aliphatic heterocycles. The molecule has 2 heterocycles. The summed E-state index contributed by atoms with van der Waals surface area (Å²) in [6.07, 6.45) is 1.93. The van der Waals surface area contributed by atoms with Gasteiger partial charge in [-0.1, -0.05) is 0 Å². The van der Waals surface area contributed by atoms with Gasteiger partial charge in [0, 0.05) is 18.1 Å². The number of thiazole rings is 1. The van der Waals surface area contributed by atoms with Crippen LogP contribution in [0.25, 0.3) is 0 Å². The minimum Gasteiger partial charge on any atom is -0.276 e. The number of aromatic nitrogens is 3. The van der Waals surface area contributed by atoms with Crippen molar-refractivity contribution < 1.29 is 0 Å². The zero-order chi connectivity index (χ0) is 11.4. The molecule has 0 saturated carbocycles. The summed E-state index contributed by atoms with van der Waals surface area (Å²) in [7, 11) is 1.91. The molecular formula is C11H17N3S. The molecule has 2 aromatic rings. The molecule has 4 heteroatoms. The van der Waals surface area contributed by atoms with Crippen LogP contribution >= 0.6 is 11.3 Å². The van der Waals surface area contributed by atoms with Gasteiger partial charge >= 0.3 is 0 Å². The van der Waals surface area contributed by atoms with Crippen molar-refractivity contribution in [3.05, 3.63) is 33.5 Å². The van der Waals surface area contributed by atoms with Gasteiger partial charge in [0.1, 0.15) is 0 Å². The van der Waals surface area contributed by atoms with E-state index in [1.165, 1.54) is 15.6 Å². The Labute approximate surface area is 94.8 Å². The fourth-order valence-electron chi connectivity index (χ4n) is 1.16. The molecule has 3 nitrogen and oxygen atoms in total. The number of hydrogen-bond acceptors (Lipinski definition) is 3. The molecule has 0 aliphatic rings. The van der Waals surface area contributed by atoms with Gasteiger partial charge in [-0.2, -0.15) is 5.10 Å². The smallest absolute Gasteiger partial charge is 0.0899 e. The number of rotatable bonds is 0. The Morgan fingerprint density at radius 1 is 1.20 bits per heavy atom. The zero-order valence-electron chi connectivity index (χ0n) is 9.90. The maximum Gasteiger partial charge on any atom is 0.0899 e. The van der Waals surface area contributed by atoms with Crippen molar-refractivity contribution in [1.82, 2.24) is 14.8 Å². The molecule has 82 valence electrons. The van der Waals surface area contributed by atoms with Crippen molar-refractivity contribution in [2.45, 2.75) is 27.7 Å². The predicted octanol–water partition coefficient (Wildman–Crippen LogP) is 2.80. The first-order chi connectivity index (χ1) is 6.99. The Morgan fingerprint density at radius 2 is 1.87 bits per heavy atom. The molecule has 0 N–H and O–H groups in total. The highest BCUT2D eigenvalue weighted by molar-refractivity contribution is 7.11. The summed E-state index contributed by atoms with van der Waals surface area (Å²) in [4.78, 5) is 5.56. The molecule has 0 bridgehead atoms. The lowest BCUT2D eigenvalue weighted by molar-refractivity contribution is 0.756. The molecule has 0 aliphatic carbocycles. The first kappa shape index (κ1) is 11.9. The third-order valence-corrected chi connectivity index (χ3v) is 2.97. The van der Waals surface area contributed by atoms with E-state index in [1.807, 2.05) is 40.1 Å². The first-order valence-corrected chi connectivity index (χ1v) is 5.67. The van der Waals surface area contributed by atoms with E-state index in [1.54, 1.807) is 16.0 Å². The van der Waals surface area contributed by atoms with Gasteiger partial charge in [-0.25, -0.2) is 4.98 Å². The second kappa shape index (κ2) is 5.07. The average molecular weight is 223 g/mol. The highest BCUT2D eigenvalue weighted by Crippen LogP contribution is 2.14. The third-order valence-electron chi connectivity index (χ3n) is 1.98. The van der Waals surface area contributed by atoms with Crippen molar-refractivity contribution in [3.63, 3.8) is 0 Å². The second-order valence-corrected chi connectivity index (χ2v) is 4.91. The van der Waals surface area contributed by atoms with Gasteiger partial charge in [0.25, 0.3) is 0 Å². The molecule has 0 spiro atoms. The first-order valence-electron chi connectivity index (χ1n) is 4.86. The van der Waals surface area contributed by atoms with Gasteiger partial charge in [0.15, 0.2) is 0 Å². The van der Waals surface area contributed by atoms with E-state index in [0.29, 0.717) is 0 Å². The standard InChI is InChI=1S/C6H9NS.C5H8N2/c1-4-5(2)8-6(3)7-4;1-5-3-4-7(2)6-5/h1-3H3;3-4H,1-2H3. The van der Waals surface area contributed by atoms with E-state index in [2.05, 4.69) is 17.0 Å². The molecule has 0 radical (unpaired) electrons. The molecule has 15 heavy (non-hydrogen) atoms. The number of hydrogen-bond donors (Lipinski definition) is 0. The van der Waals surface area contributed by atoms with E-state index in [4.69, 9.17) is 0 Å². The van der Waals surface area contributed by atoms with Crippen LogP contribution < -0.4 is 0 Å². The van der Waals surface area contributed by atoms with Crippen molar-refractivity contribution in [3.8, 4) is 0 Å². The van der Waals surface area contributed by atoms with Gasteiger partial charge in [0.05, 0.1) is 16.4 Å². The Kier molecular flexibility index (Phi) is 4.03. The summed E-state index contributed by atoms with van der Waals surface area (Å²) in [6.45, 7) is 8.14. The summed E-state index contributed by atoms with van der Waals surface area (Å²) in [5.74, 6) is 0. The topological polar surface area (TPSA) is 30.7 Å². The average Bonchev–Trinajstić information content (AvgIpc) is 2.61. The summed E-state index contributed by atoms with van der Waals surface area (Å²) in [6, 6.07) is 1.97. The van der Waals surface area contributed by atoms with Crippen molar-refractivity contribution in [2.75, 3.05) is 0 Å². The summed E-state index contributed by atoms with van der Waals surface area (Å²) < 4.78 is 1.79. The highest BCUT2D eigenvalue weighted by Gasteiger charge is 1.95. The lowest BCUT2D eigenvalue weighted by atomic mass is 10.4.